The van der Waals surface area contributed by atoms with E-state index >= 15 is 0 Å². The van der Waals surface area contributed by atoms with E-state index in [-0.39, 0.29) is 4.90 Å². The number of aromatic nitrogens is 1. The van der Waals surface area contributed by atoms with E-state index in [0.29, 0.717) is 14.9 Å². The Morgan fingerprint density at radius 1 is 1.00 bits per heavy atom. The fraction of sp³-hybridized carbons (Fsp3) is 0.0667. The molecule has 5 nitrogen and oxygen atoms in total. The van der Waals surface area contributed by atoms with E-state index in [1.807, 2.05) is 0 Å². The molecule has 3 aromatic rings. The standard InChI is InChI=1S/C15H12NO4S/c1-11-6-5-7-12-10-16(15(17)20-14(11)12)21(18,19)13-8-3-2-4-9-13/h2-10H,1H3/q+1. The third-order valence-corrected chi connectivity index (χ3v) is 4.81. The molecule has 1 aromatic heterocycles. The normalized spacial score (nSPS) is 11.7. The van der Waals surface area contributed by atoms with Crippen LogP contribution in [-0.4, -0.2) is 8.42 Å². The molecule has 0 aliphatic heterocycles. The predicted molar refractivity (Wildman–Crippen MR) is 76.4 cm³/mol. The molecule has 0 atom stereocenters. The average molecular weight is 302 g/mol. The number of rotatable bonds is 2. The fourth-order valence-electron chi connectivity index (χ4n) is 2.10. The van der Waals surface area contributed by atoms with Gasteiger partial charge >= 0.3 is 15.8 Å². The van der Waals surface area contributed by atoms with Gasteiger partial charge in [0, 0.05) is 0 Å². The molecule has 0 amide bonds. The predicted octanol–water partition coefficient (Wildman–Crippen LogP) is 1.63. The van der Waals surface area contributed by atoms with E-state index < -0.39 is 15.8 Å². The van der Waals surface area contributed by atoms with Crippen LogP contribution in [0.25, 0.3) is 11.0 Å². The van der Waals surface area contributed by atoms with Gasteiger partial charge < -0.3 is 4.42 Å². The van der Waals surface area contributed by atoms with E-state index in [2.05, 4.69) is 0 Å². The number of hydrogen-bond acceptors (Lipinski definition) is 4. The van der Waals surface area contributed by atoms with E-state index in [4.69, 9.17) is 4.42 Å². The van der Waals surface area contributed by atoms with Crippen LogP contribution in [-0.2, 0) is 10.0 Å². The highest BCUT2D eigenvalue weighted by atomic mass is 32.2. The topological polar surface area (TPSA) is 68.2 Å². The van der Waals surface area contributed by atoms with Crippen molar-refractivity contribution in [3.63, 3.8) is 0 Å². The molecule has 0 saturated heterocycles. The second kappa shape index (κ2) is 4.82. The molecular formula is C15H12NO4S+. The summed E-state index contributed by atoms with van der Waals surface area (Å²) in [4.78, 5) is 12.1. The van der Waals surface area contributed by atoms with Crippen LogP contribution in [0.2, 0.25) is 0 Å². The van der Waals surface area contributed by atoms with Gasteiger partial charge in [0.2, 0.25) is 6.20 Å². The Balaban J connectivity index is 2.31. The quantitative estimate of drug-likeness (QED) is 0.675. The number of nitrogens with zero attached hydrogens (tertiary/aromatic N) is 1. The Hall–Kier alpha value is -2.47. The summed E-state index contributed by atoms with van der Waals surface area (Å²) in [6, 6.07) is 13.0. The summed E-state index contributed by atoms with van der Waals surface area (Å²) in [7, 11) is -3.96. The van der Waals surface area contributed by atoms with Crippen LogP contribution in [0.15, 0.2) is 68.8 Å². The highest BCUT2D eigenvalue weighted by molar-refractivity contribution is 7.85. The first-order chi connectivity index (χ1) is 10.00. The van der Waals surface area contributed by atoms with Crippen molar-refractivity contribution >= 4 is 21.0 Å². The molecule has 6 heteroatoms. The van der Waals surface area contributed by atoms with Crippen molar-refractivity contribution in [2.75, 3.05) is 0 Å². The van der Waals surface area contributed by atoms with Gasteiger partial charge in [-0.05, 0) is 34.7 Å². The van der Waals surface area contributed by atoms with E-state index in [0.717, 1.165) is 5.56 Å². The molecule has 0 saturated carbocycles. The van der Waals surface area contributed by atoms with Crippen LogP contribution in [0.1, 0.15) is 5.56 Å². The van der Waals surface area contributed by atoms with Crippen molar-refractivity contribution in [2.24, 2.45) is 0 Å². The first-order valence-corrected chi connectivity index (χ1v) is 7.70. The third-order valence-electron chi connectivity index (χ3n) is 3.17. The highest BCUT2D eigenvalue weighted by Gasteiger charge is 2.30. The Kier molecular flexibility index (Phi) is 3.10. The molecule has 0 radical (unpaired) electrons. The number of fused-ring (bicyclic) bond motifs is 1. The smallest absolute Gasteiger partial charge is 0.370 e. The zero-order chi connectivity index (χ0) is 15.0. The first kappa shape index (κ1) is 13.5. The molecule has 3 rings (SSSR count). The summed E-state index contributed by atoms with van der Waals surface area (Å²) in [5, 5.41) is 0.550. The lowest BCUT2D eigenvalue weighted by atomic mass is 10.2. The lowest BCUT2D eigenvalue weighted by molar-refractivity contribution is -0.542. The summed E-state index contributed by atoms with van der Waals surface area (Å²) in [6.07, 6.45) is 1.29. The minimum atomic E-state index is -3.96. The summed E-state index contributed by atoms with van der Waals surface area (Å²) in [6.45, 7) is 1.79. The molecule has 2 aromatic carbocycles. The lowest BCUT2D eigenvalue weighted by Gasteiger charge is -2.00. The molecule has 0 spiro atoms. The summed E-state index contributed by atoms with van der Waals surface area (Å²) in [5.41, 5.74) is 1.16. The van der Waals surface area contributed by atoms with E-state index in [1.165, 1.54) is 18.3 Å². The van der Waals surface area contributed by atoms with Crippen molar-refractivity contribution < 1.29 is 16.8 Å². The van der Waals surface area contributed by atoms with Crippen LogP contribution >= 0.6 is 0 Å². The zero-order valence-corrected chi connectivity index (χ0v) is 12.0. The highest BCUT2D eigenvalue weighted by Crippen LogP contribution is 2.15. The number of benzene rings is 2. The van der Waals surface area contributed by atoms with Crippen LogP contribution < -0.4 is 9.73 Å². The maximum atomic E-state index is 12.5. The number of hydrogen-bond donors (Lipinski definition) is 0. The van der Waals surface area contributed by atoms with Gasteiger partial charge in [-0.15, -0.1) is 0 Å². The van der Waals surface area contributed by atoms with Gasteiger partial charge in [0.15, 0.2) is 5.58 Å². The van der Waals surface area contributed by atoms with Crippen LogP contribution in [0, 0.1) is 6.92 Å². The molecule has 0 bridgehead atoms. The molecule has 0 aliphatic rings. The second-order valence-electron chi connectivity index (χ2n) is 4.60. The van der Waals surface area contributed by atoms with Gasteiger partial charge in [-0.25, -0.2) is 0 Å². The first-order valence-electron chi connectivity index (χ1n) is 6.26. The molecule has 1 heterocycles. The van der Waals surface area contributed by atoms with E-state index in [1.54, 1.807) is 43.3 Å². The molecule has 0 N–H and O–H groups in total. The monoisotopic (exact) mass is 302 g/mol. The molecule has 0 aliphatic carbocycles. The Labute approximate surface area is 121 Å². The van der Waals surface area contributed by atoms with Crippen molar-refractivity contribution in [3.05, 3.63) is 70.8 Å². The molecule has 0 fully saturated rings. The van der Waals surface area contributed by atoms with Gasteiger partial charge in [-0.2, -0.15) is 13.2 Å². The largest absolute Gasteiger partial charge is 0.620 e. The van der Waals surface area contributed by atoms with Gasteiger partial charge in [-0.1, -0.05) is 30.3 Å². The summed E-state index contributed by atoms with van der Waals surface area (Å²) in [5.74, 6) is -0.930. The van der Waals surface area contributed by atoms with Crippen molar-refractivity contribution in [1.29, 1.82) is 0 Å². The van der Waals surface area contributed by atoms with Gasteiger partial charge in [-0.3, -0.25) is 0 Å². The van der Waals surface area contributed by atoms with Crippen molar-refractivity contribution in [2.45, 2.75) is 11.8 Å². The fourth-order valence-corrected chi connectivity index (χ4v) is 3.32. The molecule has 106 valence electrons. The van der Waals surface area contributed by atoms with Gasteiger partial charge in [0.25, 0.3) is 0 Å². The average Bonchev–Trinajstić information content (AvgIpc) is 2.48. The third kappa shape index (κ3) is 2.23. The minimum Gasteiger partial charge on any atom is -0.370 e. The van der Waals surface area contributed by atoms with Crippen LogP contribution in [0.3, 0.4) is 0 Å². The Morgan fingerprint density at radius 2 is 1.71 bits per heavy atom. The minimum absolute atomic E-state index is 0.0364. The summed E-state index contributed by atoms with van der Waals surface area (Å²) < 4.78 is 30.8. The SMILES string of the molecule is Cc1cccc2c[n+](S(=O)(=O)c3ccccc3)c(=O)oc12. The maximum absolute atomic E-state index is 12.5. The Morgan fingerprint density at radius 3 is 2.43 bits per heavy atom. The van der Waals surface area contributed by atoms with Crippen LogP contribution in [0.5, 0.6) is 0 Å². The van der Waals surface area contributed by atoms with Gasteiger partial charge in [0.1, 0.15) is 4.90 Å². The van der Waals surface area contributed by atoms with E-state index in [9.17, 15) is 13.2 Å². The number of para-hydroxylation sites is 1. The Bertz CT molecular complexity index is 975. The molecule has 0 unspecified atom stereocenters. The summed E-state index contributed by atoms with van der Waals surface area (Å²) >= 11 is 0. The van der Waals surface area contributed by atoms with Gasteiger partial charge in [0.05, 0.1) is 5.39 Å². The zero-order valence-electron chi connectivity index (χ0n) is 11.2. The molecular weight excluding hydrogens is 290 g/mol. The van der Waals surface area contributed by atoms with Crippen LogP contribution in [0.4, 0.5) is 0 Å². The van der Waals surface area contributed by atoms with Crippen molar-refractivity contribution in [3.8, 4) is 0 Å². The van der Waals surface area contributed by atoms with Crippen molar-refractivity contribution in [1.82, 2.24) is 0 Å². The molecule has 21 heavy (non-hydrogen) atoms. The maximum Gasteiger partial charge on any atom is 0.620 e. The number of aryl methyl sites for hydroxylation is 1. The lowest BCUT2D eigenvalue weighted by Crippen LogP contribution is -2.55. The second-order valence-corrected chi connectivity index (χ2v) is 6.42.